The molecule has 2 rings (SSSR count). The zero-order valence-corrected chi connectivity index (χ0v) is 9.59. The Kier molecular flexibility index (Phi) is 3.44. The van der Waals surface area contributed by atoms with E-state index in [1.807, 2.05) is 0 Å². The molecule has 0 spiro atoms. The van der Waals surface area contributed by atoms with Crippen molar-refractivity contribution in [1.29, 1.82) is 0 Å². The molecule has 6 heteroatoms. The highest BCUT2D eigenvalue weighted by Gasteiger charge is 2.33. The van der Waals surface area contributed by atoms with Gasteiger partial charge < -0.3 is 20.1 Å². The van der Waals surface area contributed by atoms with Gasteiger partial charge in [-0.2, -0.15) is 0 Å². The number of aliphatic hydroxyl groups excluding tert-OH is 2. The number of aromatic nitrogens is 1. The summed E-state index contributed by atoms with van der Waals surface area (Å²) in [5, 5.41) is 25.0. The summed E-state index contributed by atoms with van der Waals surface area (Å²) in [7, 11) is 0. The topological polar surface area (TPSA) is 95.6 Å². The van der Waals surface area contributed by atoms with E-state index in [4.69, 9.17) is 9.63 Å². The molecule has 3 atom stereocenters. The number of amides is 1. The first-order chi connectivity index (χ1) is 8.10. The Morgan fingerprint density at radius 1 is 1.65 bits per heavy atom. The maximum Gasteiger partial charge on any atom is 0.273 e. The van der Waals surface area contributed by atoms with Gasteiger partial charge in [0.25, 0.3) is 5.91 Å². The van der Waals surface area contributed by atoms with Crippen LogP contribution in [0.4, 0.5) is 0 Å². The number of hydrogen-bond donors (Lipinski definition) is 3. The van der Waals surface area contributed by atoms with E-state index in [9.17, 15) is 9.90 Å². The molecule has 17 heavy (non-hydrogen) atoms. The Morgan fingerprint density at radius 2 is 2.41 bits per heavy atom. The summed E-state index contributed by atoms with van der Waals surface area (Å²) in [6.45, 7) is 1.65. The Labute approximate surface area is 98.6 Å². The van der Waals surface area contributed by atoms with Gasteiger partial charge >= 0.3 is 0 Å². The first-order valence-electron chi connectivity index (χ1n) is 5.63. The van der Waals surface area contributed by atoms with Crippen LogP contribution in [0.3, 0.4) is 0 Å². The molecule has 3 N–H and O–H groups in total. The number of carbonyl (C=O) groups excluding carboxylic acids is 1. The van der Waals surface area contributed by atoms with E-state index in [-0.39, 0.29) is 30.2 Å². The summed E-state index contributed by atoms with van der Waals surface area (Å²) in [5.74, 6) is 0.117. The van der Waals surface area contributed by atoms with Crippen LogP contribution in [0.2, 0.25) is 0 Å². The van der Waals surface area contributed by atoms with E-state index in [2.05, 4.69) is 10.5 Å². The van der Waals surface area contributed by atoms with Crippen molar-refractivity contribution in [2.75, 3.05) is 6.61 Å². The maximum atomic E-state index is 11.7. The van der Waals surface area contributed by atoms with Crippen molar-refractivity contribution < 1.29 is 19.5 Å². The predicted molar refractivity (Wildman–Crippen MR) is 58.3 cm³/mol. The van der Waals surface area contributed by atoms with Crippen LogP contribution in [0.15, 0.2) is 10.6 Å². The Morgan fingerprint density at radius 3 is 2.94 bits per heavy atom. The van der Waals surface area contributed by atoms with E-state index in [1.165, 1.54) is 0 Å². The van der Waals surface area contributed by atoms with E-state index >= 15 is 0 Å². The van der Waals surface area contributed by atoms with Crippen molar-refractivity contribution in [2.45, 2.75) is 31.9 Å². The van der Waals surface area contributed by atoms with E-state index in [0.717, 1.165) is 0 Å². The summed E-state index contributed by atoms with van der Waals surface area (Å²) < 4.78 is 4.81. The molecule has 1 heterocycles. The molecule has 0 saturated heterocycles. The van der Waals surface area contributed by atoms with Gasteiger partial charge in [-0.15, -0.1) is 0 Å². The van der Waals surface area contributed by atoms with Crippen molar-refractivity contribution in [2.24, 2.45) is 5.92 Å². The van der Waals surface area contributed by atoms with Gasteiger partial charge in [0.2, 0.25) is 0 Å². The SMILES string of the molecule is Cc1cc(C(=O)N[C@H]2C[C@@H](CO)[C@@H](O)C2)no1. The third kappa shape index (κ3) is 2.65. The second-order valence-electron chi connectivity index (χ2n) is 4.47. The van der Waals surface area contributed by atoms with Gasteiger partial charge in [0.05, 0.1) is 6.10 Å². The van der Waals surface area contributed by atoms with E-state index in [0.29, 0.717) is 18.6 Å². The maximum absolute atomic E-state index is 11.7. The molecule has 0 aromatic carbocycles. The molecule has 1 fully saturated rings. The summed E-state index contributed by atoms with van der Waals surface area (Å²) in [4.78, 5) is 11.7. The van der Waals surface area contributed by atoms with Gasteiger partial charge in [0.1, 0.15) is 5.76 Å². The molecule has 1 aliphatic rings. The standard InChI is InChI=1S/C11H16N2O4/c1-6-2-9(13-17-6)11(16)12-8-3-7(5-14)10(15)4-8/h2,7-8,10,14-15H,3-5H2,1H3,(H,12,16)/t7-,8-,10-/m0/s1. The molecule has 1 aliphatic carbocycles. The lowest BCUT2D eigenvalue weighted by Crippen LogP contribution is -2.33. The molecular formula is C11H16N2O4. The average molecular weight is 240 g/mol. The normalized spacial score (nSPS) is 28.3. The van der Waals surface area contributed by atoms with Crippen LogP contribution in [-0.4, -0.2) is 40.0 Å². The zero-order valence-electron chi connectivity index (χ0n) is 9.59. The van der Waals surface area contributed by atoms with E-state index < -0.39 is 6.10 Å². The minimum absolute atomic E-state index is 0.0589. The summed E-state index contributed by atoms with van der Waals surface area (Å²) in [6.07, 6.45) is 0.498. The highest BCUT2D eigenvalue weighted by Crippen LogP contribution is 2.25. The quantitative estimate of drug-likeness (QED) is 0.682. The van der Waals surface area contributed by atoms with Gasteiger partial charge in [0.15, 0.2) is 5.69 Å². The highest BCUT2D eigenvalue weighted by molar-refractivity contribution is 5.92. The van der Waals surface area contributed by atoms with Gasteiger partial charge in [-0.3, -0.25) is 4.79 Å². The first-order valence-corrected chi connectivity index (χ1v) is 5.63. The second-order valence-corrected chi connectivity index (χ2v) is 4.47. The molecule has 1 saturated carbocycles. The molecule has 1 aromatic rings. The van der Waals surface area contributed by atoms with Gasteiger partial charge in [0, 0.05) is 24.6 Å². The van der Waals surface area contributed by atoms with Crippen LogP contribution in [0.25, 0.3) is 0 Å². The minimum atomic E-state index is -0.552. The monoisotopic (exact) mass is 240 g/mol. The van der Waals surface area contributed by atoms with Crippen LogP contribution in [-0.2, 0) is 0 Å². The fourth-order valence-corrected chi connectivity index (χ4v) is 2.15. The minimum Gasteiger partial charge on any atom is -0.396 e. The number of nitrogens with zero attached hydrogens (tertiary/aromatic N) is 1. The molecule has 6 nitrogen and oxygen atoms in total. The van der Waals surface area contributed by atoms with Crippen LogP contribution < -0.4 is 5.32 Å². The second kappa shape index (κ2) is 4.85. The van der Waals surface area contributed by atoms with Crippen molar-refractivity contribution in [3.8, 4) is 0 Å². The van der Waals surface area contributed by atoms with Crippen LogP contribution in [0.5, 0.6) is 0 Å². The molecule has 0 unspecified atom stereocenters. The number of aliphatic hydroxyl groups is 2. The lowest BCUT2D eigenvalue weighted by Gasteiger charge is -2.10. The molecule has 0 aliphatic heterocycles. The summed E-state index contributed by atoms with van der Waals surface area (Å²) in [6, 6.07) is 1.44. The Hall–Kier alpha value is -1.40. The lowest BCUT2D eigenvalue weighted by atomic mass is 10.1. The van der Waals surface area contributed by atoms with Gasteiger partial charge in [-0.25, -0.2) is 0 Å². The first kappa shape index (κ1) is 12.1. The largest absolute Gasteiger partial charge is 0.396 e. The van der Waals surface area contributed by atoms with E-state index in [1.54, 1.807) is 13.0 Å². The number of nitrogens with one attached hydrogen (secondary N) is 1. The number of rotatable bonds is 3. The molecular weight excluding hydrogens is 224 g/mol. The third-order valence-electron chi connectivity index (χ3n) is 3.09. The van der Waals surface area contributed by atoms with Crippen molar-refractivity contribution in [3.05, 3.63) is 17.5 Å². The fourth-order valence-electron chi connectivity index (χ4n) is 2.15. The van der Waals surface area contributed by atoms with Crippen molar-refractivity contribution >= 4 is 5.91 Å². The average Bonchev–Trinajstić information content (AvgIpc) is 2.85. The predicted octanol–water partition coefficient (Wildman–Crippen LogP) is -0.155. The van der Waals surface area contributed by atoms with Crippen LogP contribution in [0.1, 0.15) is 29.1 Å². The molecule has 94 valence electrons. The number of carbonyl (C=O) groups is 1. The summed E-state index contributed by atoms with van der Waals surface area (Å²) >= 11 is 0. The third-order valence-corrected chi connectivity index (χ3v) is 3.09. The highest BCUT2D eigenvalue weighted by atomic mass is 16.5. The fraction of sp³-hybridized carbons (Fsp3) is 0.636. The number of aryl methyl sites for hydroxylation is 1. The molecule has 1 aromatic heterocycles. The molecule has 1 amide bonds. The van der Waals surface area contributed by atoms with Crippen LogP contribution in [0, 0.1) is 12.8 Å². The van der Waals surface area contributed by atoms with Crippen molar-refractivity contribution in [1.82, 2.24) is 10.5 Å². The Balaban J connectivity index is 1.92. The smallest absolute Gasteiger partial charge is 0.273 e. The molecule has 0 bridgehead atoms. The van der Waals surface area contributed by atoms with Gasteiger partial charge in [-0.1, -0.05) is 5.16 Å². The van der Waals surface area contributed by atoms with Crippen LogP contribution >= 0.6 is 0 Å². The zero-order chi connectivity index (χ0) is 12.4. The number of hydrogen-bond acceptors (Lipinski definition) is 5. The van der Waals surface area contributed by atoms with Gasteiger partial charge in [-0.05, 0) is 19.8 Å². The lowest BCUT2D eigenvalue weighted by molar-refractivity contribution is 0.0902. The summed E-state index contributed by atoms with van der Waals surface area (Å²) in [5.41, 5.74) is 0.240. The molecule has 0 radical (unpaired) electrons. The Bertz CT molecular complexity index is 404. The van der Waals surface area contributed by atoms with Crippen molar-refractivity contribution in [3.63, 3.8) is 0 Å².